The Morgan fingerprint density at radius 3 is 2.61 bits per heavy atom. The van der Waals surface area contributed by atoms with Crippen LogP contribution in [0.25, 0.3) is 11.0 Å². The lowest BCUT2D eigenvalue weighted by Gasteiger charge is -2.17. The molecule has 5 nitrogen and oxygen atoms in total. The van der Waals surface area contributed by atoms with E-state index in [0.717, 1.165) is 0 Å². The number of anilines is 1. The SMILES string of the molecule is C[C@H](CCOc1ccc(F)cc1[C@@H](C)N)c1nc2ccc(Cl)nc2c(N)c1F. The average molecular weight is 407 g/mol. The van der Waals surface area contributed by atoms with Crippen LogP contribution in [-0.4, -0.2) is 16.6 Å². The minimum absolute atomic E-state index is 0.0759. The molecule has 0 saturated heterocycles. The fraction of sp³-hybridized carbons (Fsp3) is 0.300. The summed E-state index contributed by atoms with van der Waals surface area (Å²) in [6, 6.07) is 7.07. The first-order valence-electron chi connectivity index (χ1n) is 8.87. The van der Waals surface area contributed by atoms with Crippen molar-refractivity contribution in [2.24, 2.45) is 5.73 Å². The third kappa shape index (κ3) is 4.15. The summed E-state index contributed by atoms with van der Waals surface area (Å²) < 4.78 is 33.9. The molecule has 0 aliphatic heterocycles. The molecule has 0 bridgehead atoms. The van der Waals surface area contributed by atoms with E-state index in [1.165, 1.54) is 12.1 Å². The Balaban J connectivity index is 1.76. The summed E-state index contributed by atoms with van der Waals surface area (Å²) in [6.07, 6.45) is 0.478. The zero-order valence-corrected chi connectivity index (χ0v) is 16.3. The van der Waals surface area contributed by atoms with Gasteiger partial charge in [0.05, 0.1) is 23.5 Å². The van der Waals surface area contributed by atoms with Gasteiger partial charge in [0.2, 0.25) is 0 Å². The van der Waals surface area contributed by atoms with Crippen LogP contribution < -0.4 is 16.2 Å². The van der Waals surface area contributed by atoms with Crippen LogP contribution in [0.4, 0.5) is 14.5 Å². The number of halogens is 3. The standard InChI is InChI=1S/C20H21ClF2N4O/c1-10(7-8-28-15-5-3-12(22)9-13(15)11(2)24)19-17(23)18(25)20-14(26-19)4-6-16(21)27-20/h3-6,9-11H,7-8,24H2,1-2H3,(H2,25,26)/t10-,11-/m1/s1. The summed E-state index contributed by atoms with van der Waals surface area (Å²) in [5.74, 6) is -0.733. The third-order valence-electron chi connectivity index (χ3n) is 4.53. The van der Waals surface area contributed by atoms with Crippen LogP contribution in [0.15, 0.2) is 30.3 Å². The first-order valence-corrected chi connectivity index (χ1v) is 9.24. The maximum atomic E-state index is 14.7. The van der Waals surface area contributed by atoms with Crippen molar-refractivity contribution < 1.29 is 13.5 Å². The van der Waals surface area contributed by atoms with E-state index in [-0.39, 0.29) is 46.4 Å². The minimum atomic E-state index is -0.604. The number of hydrogen-bond acceptors (Lipinski definition) is 5. The van der Waals surface area contributed by atoms with Gasteiger partial charge in [-0.05, 0) is 43.7 Å². The van der Waals surface area contributed by atoms with Gasteiger partial charge in [0.25, 0.3) is 0 Å². The molecule has 0 radical (unpaired) electrons. The highest BCUT2D eigenvalue weighted by Gasteiger charge is 2.19. The van der Waals surface area contributed by atoms with Gasteiger partial charge in [-0.15, -0.1) is 0 Å². The number of benzene rings is 1. The van der Waals surface area contributed by atoms with E-state index in [2.05, 4.69) is 9.97 Å². The molecule has 0 saturated carbocycles. The molecule has 0 aliphatic carbocycles. The summed E-state index contributed by atoms with van der Waals surface area (Å²) in [7, 11) is 0. The van der Waals surface area contributed by atoms with Crippen LogP contribution in [0.1, 0.15) is 43.5 Å². The molecule has 2 heterocycles. The topological polar surface area (TPSA) is 87.0 Å². The summed E-state index contributed by atoms with van der Waals surface area (Å²) in [5, 5.41) is 0.221. The Morgan fingerprint density at radius 2 is 1.89 bits per heavy atom. The Morgan fingerprint density at radius 1 is 1.14 bits per heavy atom. The van der Waals surface area contributed by atoms with Crippen molar-refractivity contribution in [3.05, 3.63) is 58.4 Å². The largest absolute Gasteiger partial charge is 0.493 e. The second-order valence-corrected chi connectivity index (χ2v) is 7.12. The lowest BCUT2D eigenvalue weighted by atomic mass is 10.0. The van der Waals surface area contributed by atoms with E-state index in [4.69, 9.17) is 27.8 Å². The normalized spacial score (nSPS) is 13.5. The molecular formula is C20H21ClF2N4O. The van der Waals surface area contributed by atoms with Crippen LogP contribution in [-0.2, 0) is 0 Å². The van der Waals surface area contributed by atoms with Gasteiger partial charge < -0.3 is 16.2 Å². The van der Waals surface area contributed by atoms with Crippen molar-refractivity contribution in [3.8, 4) is 5.75 Å². The molecule has 0 aliphatic rings. The number of hydrogen-bond donors (Lipinski definition) is 2. The van der Waals surface area contributed by atoms with E-state index in [9.17, 15) is 8.78 Å². The molecule has 0 unspecified atom stereocenters. The number of nitrogens with zero attached hydrogens (tertiary/aromatic N) is 2. The van der Waals surface area contributed by atoms with Crippen molar-refractivity contribution in [2.75, 3.05) is 12.3 Å². The summed E-state index contributed by atoms with van der Waals surface area (Å²) in [4.78, 5) is 8.40. The van der Waals surface area contributed by atoms with Crippen LogP contribution in [0.3, 0.4) is 0 Å². The van der Waals surface area contributed by atoms with Gasteiger partial charge in [-0.1, -0.05) is 18.5 Å². The molecule has 3 rings (SSSR count). The lowest BCUT2D eigenvalue weighted by molar-refractivity contribution is 0.294. The number of nitrogen functional groups attached to an aromatic ring is 1. The Hall–Kier alpha value is -2.51. The molecule has 2 aromatic heterocycles. The Kier molecular flexibility index (Phi) is 5.96. The number of nitrogens with two attached hydrogens (primary N) is 2. The molecule has 28 heavy (non-hydrogen) atoms. The van der Waals surface area contributed by atoms with Crippen LogP contribution >= 0.6 is 11.6 Å². The average Bonchev–Trinajstić information content (AvgIpc) is 2.65. The highest BCUT2D eigenvalue weighted by molar-refractivity contribution is 6.29. The van der Waals surface area contributed by atoms with Crippen molar-refractivity contribution >= 4 is 28.3 Å². The molecule has 3 aromatic rings. The molecule has 4 N–H and O–H groups in total. The molecule has 8 heteroatoms. The number of ether oxygens (including phenoxy) is 1. The second-order valence-electron chi connectivity index (χ2n) is 6.74. The molecule has 0 fully saturated rings. The zero-order valence-electron chi connectivity index (χ0n) is 15.5. The molecule has 0 spiro atoms. The van der Waals surface area contributed by atoms with Gasteiger partial charge in [0, 0.05) is 17.5 Å². The predicted octanol–water partition coefficient (Wildman–Crippen LogP) is 4.74. The lowest BCUT2D eigenvalue weighted by Crippen LogP contribution is -2.12. The molecule has 1 aromatic carbocycles. The molecule has 0 amide bonds. The van der Waals surface area contributed by atoms with Crippen molar-refractivity contribution in [1.29, 1.82) is 0 Å². The van der Waals surface area contributed by atoms with Crippen LogP contribution in [0.5, 0.6) is 5.75 Å². The molecular weight excluding hydrogens is 386 g/mol. The minimum Gasteiger partial charge on any atom is -0.493 e. The van der Waals surface area contributed by atoms with Crippen LogP contribution in [0.2, 0.25) is 5.15 Å². The van der Waals surface area contributed by atoms with E-state index >= 15 is 0 Å². The number of rotatable bonds is 6. The van der Waals surface area contributed by atoms with Gasteiger partial charge in [-0.25, -0.2) is 18.7 Å². The second kappa shape index (κ2) is 8.24. The maximum Gasteiger partial charge on any atom is 0.170 e. The molecule has 2 atom stereocenters. The summed E-state index contributed by atoms with van der Waals surface area (Å²) >= 11 is 5.85. The van der Waals surface area contributed by atoms with Gasteiger partial charge in [0.15, 0.2) is 5.82 Å². The number of pyridine rings is 2. The number of fused-ring (bicyclic) bond motifs is 1. The quantitative estimate of drug-likeness (QED) is 0.577. The van der Waals surface area contributed by atoms with Crippen molar-refractivity contribution in [3.63, 3.8) is 0 Å². The summed E-state index contributed by atoms with van der Waals surface area (Å²) in [5.41, 5.74) is 13.2. The predicted molar refractivity (Wildman–Crippen MR) is 106 cm³/mol. The Labute approximate surface area is 166 Å². The highest BCUT2D eigenvalue weighted by atomic mass is 35.5. The fourth-order valence-electron chi connectivity index (χ4n) is 2.95. The van der Waals surface area contributed by atoms with E-state index in [1.807, 2.05) is 6.92 Å². The third-order valence-corrected chi connectivity index (χ3v) is 4.75. The molecule has 148 valence electrons. The van der Waals surface area contributed by atoms with E-state index in [0.29, 0.717) is 23.3 Å². The van der Waals surface area contributed by atoms with Gasteiger partial charge in [-0.3, -0.25) is 0 Å². The first-order chi connectivity index (χ1) is 13.3. The monoisotopic (exact) mass is 406 g/mol. The van der Waals surface area contributed by atoms with Crippen molar-refractivity contribution in [1.82, 2.24) is 9.97 Å². The van der Waals surface area contributed by atoms with E-state index in [1.54, 1.807) is 25.1 Å². The van der Waals surface area contributed by atoms with Crippen molar-refractivity contribution in [2.45, 2.75) is 32.2 Å². The van der Waals surface area contributed by atoms with Gasteiger partial charge in [0.1, 0.15) is 22.2 Å². The summed E-state index contributed by atoms with van der Waals surface area (Å²) in [6.45, 7) is 3.87. The van der Waals surface area contributed by atoms with Gasteiger partial charge >= 0.3 is 0 Å². The first kappa shape index (κ1) is 20.2. The maximum absolute atomic E-state index is 14.7. The van der Waals surface area contributed by atoms with Gasteiger partial charge in [-0.2, -0.15) is 0 Å². The van der Waals surface area contributed by atoms with E-state index < -0.39 is 5.82 Å². The highest BCUT2D eigenvalue weighted by Crippen LogP contribution is 2.30. The van der Waals surface area contributed by atoms with Crippen LogP contribution in [0, 0.1) is 11.6 Å². The Bertz CT molecular complexity index is 1010. The smallest absolute Gasteiger partial charge is 0.170 e. The zero-order chi connectivity index (χ0) is 20.4. The fourth-order valence-corrected chi connectivity index (χ4v) is 3.10. The number of aromatic nitrogens is 2.